The Labute approximate surface area is 191 Å². The van der Waals surface area contributed by atoms with Crippen molar-refractivity contribution in [1.29, 1.82) is 0 Å². The molecule has 162 valence electrons. The topological polar surface area (TPSA) is 15.7 Å². The van der Waals surface area contributed by atoms with E-state index in [1.807, 2.05) is 12.1 Å². The molecule has 0 saturated carbocycles. The molecule has 1 fully saturated rings. The van der Waals surface area contributed by atoms with Crippen LogP contribution in [0.15, 0.2) is 66.7 Å². The van der Waals surface area contributed by atoms with E-state index in [0.717, 1.165) is 48.9 Å². The van der Waals surface area contributed by atoms with Gasteiger partial charge < -0.3 is 14.5 Å². The Balaban J connectivity index is 1.38. The van der Waals surface area contributed by atoms with E-state index in [0.29, 0.717) is 13.2 Å². The van der Waals surface area contributed by atoms with Gasteiger partial charge in [0.2, 0.25) is 0 Å². The summed E-state index contributed by atoms with van der Waals surface area (Å²) in [5, 5.41) is 0.772. The maximum atomic E-state index is 6.49. The lowest BCUT2D eigenvalue weighted by atomic mass is 9.99. The van der Waals surface area contributed by atoms with Crippen LogP contribution < -0.4 is 4.90 Å². The predicted molar refractivity (Wildman–Crippen MR) is 131 cm³/mol. The van der Waals surface area contributed by atoms with Crippen LogP contribution in [-0.2, 0) is 18.0 Å². The van der Waals surface area contributed by atoms with Crippen molar-refractivity contribution in [2.45, 2.75) is 27.1 Å². The number of nitrogens with zero attached hydrogens (tertiary/aromatic N) is 2. The van der Waals surface area contributed by atoms with Gasteiger partial charge in [-0.15, -0.1) is 0 Å². The van der Waals surface area contributed by atoms with E-state index in [1.54, 1.807) is 0 Å². The fourth-order valence-corrected chi connectivity index (χ4v) is 4.42. The summed E-state index contributed by atoms with van der Waals surface area (Å²) in [4.78, 5) is 4.98. The summed E-state index contributed by atoms with van der Waals surface area (Å²) in [6.07, 6.45) is 0. The molecule has 0 aliphatic carbocycles. The molecule has 0 spiro atoms. The number of likely N-dealkylation sites (N-methyl/N-ethyl adjacent to an activating group) is 1. The zero-order chi connectivity index (χ0) is 21.6. The van der Waals surface area contributed by atoms with Crippen LogP contribution in [0.5, 0.6) is 0 Å². The molecule has 1 aliphatic heterocycles. The zero-order valence-electron chi connectivity index (χ0n) is 18.5. The summed E-state index contributed by atoms with van der Waals surface area (Å²) in [5.41, 5.74) is 7.10. The Hall–Kier alpha value is -2.33. The Bertz CT molecular complexity index is 1010. The van der Waals surface area contributed by atoms with Crippen molar-refractivity contribution in [3.05, 3.63) is 88.4 Å². The van der Waals surface area contributed by atoms with Gasteiger partial charge in [-0.3, -0.25) is 0 Å². The van der Waals surface area contributed by atoms with Crippen molar-refractivity contribution in [3.8, 4) is 11.1 Å². The minimum absolute atomic E-state index is 0.565. The van der Waals surface area contributed by atoms with Gasteiger partial charge >= 0.3 is 0 Å². The summed E-state index contributed by atoms with van der Waals surface area (Å²) in [6, 6.07) is 23.3. The van der Waals surface area contributed by atoms with Gasteiger partial charge in [-0.1, -0.05) is 61.0 Å². The molecule has 1 saturated heterocycles. The molecule has 0 bridgehead atoms. The van der Waals surface area contributed by atoms with Crippen molar-refractivity contribution in [2.75, 3.05) is 37.6 Å². The fraction of sp³-hybridized carbons (Fsp3) is 0.333. The Morgan fingerprint density at radius 2 is 1.55 bits per heavy atom. The highest BCUT2D eigenvalue weighted by Crippen LogP contribution is 2.31. The van der Waals surface area contributed by atoms with Crippen LogP contribution in [0.25, 0.3) is 11.1 Å². The average molecular weight is 435 g/mol. The number of ether oxygens (including phenoxy) is 1. The predicted octanol–water partition coefficient (Wildman–Crippen LogP) is 6.17. The number of hydrogen-bond donors (Lipinski definition) is 0. The third kappa shape index (κ3) is 5.48. The number of piperazine rings is 1. The van der Waals surface area contributed by atoms with Crippen molar-refractivity contribution < 1.29 is 4.74 Å². The molecule has 0 radical (unpaired) electrons. The van der Waals surface area contributed by atoms with Crippen LogP contribution in [0.3, 0.4) is 0 Å². The molecule has 4 rings (SSSR count). The Morgan fingerprint density at radius 1 is 0.806 bits per heavy atom. The maximum Gasteiger partial charge on any atom is 0.0722 e. The lowest BCUT2D eigenvalue weighted by molar-refractivity contribution is 0.107. The molecule has 1 aliphatic rings. The van der Waals surface area contributed by atoms with Crippen molar-refractivity contribution in [2.24, 2.45) is 0 Å². The normalized spacial score (nSPS) is 14.7. The standard InChI is InChI=1S/C27H31ClN2O/c1-3-29-13-15-30(16-14-29)24-9-6-8-22(17-24)19-31-20-23-11-12-27(28)26(18-23)25-10-5-4-7-21(25)2/h4-12,17-18H,3,13-16,19-20H2,1-2H3. The number of benzene rings is 3. The first-order valence-corrected chi connectivity index (χ1v) is 11.5. The highest BCUT2D eigenvalue weighted by atomic mass is 35.5. The summed E-state index contributed by atoms with van der Waals surface area (Å²) in [5.74, 6) is 0. The van der Waals surface area contributed by atoms with Gasteiger partial charge in [0.25, 0.3) is 0 Å². The van der Waals surface area contributed by atoms with Crippen LogP contribution in [0.4, 0.5) is 5.69 Å². The summed E-state index contributed by atoms with van der Waals surface area (Å²) in [7, 11) is 0. The minimum Gasteiger partial charge on any atom is -0.372 e. The molecule has 1 heterocycles. The monoisotopic (exact) mass is 434 g/mol. The fourth-order valence-electron chi connectivity index (χ4n) is 4.20. The molecule has 0 unspecified atom stereocenters. The summed E-state index contributed by atoms with van der Waals surface area (Å²) >= 11 is 6.49. The second kappa shape index (κ2) is 10.3. The van der Waals surface area contributed by atoms with Gasteiger partial charge in [0.15, 0.2) is 0 Å². The van der Waals surface area contributed by atoms with E-state index in [2.05, 4.69) is 78.2 Å². The van der Waals surface area contributed by atoms with Gasteiger partial charge in [-0.2, -0.15) is 0 Å². The first-order valence-electron chi connectivity index (χ1n) is 11.1. The second-order valence-electron chi connectivity index (χ2n) is 8.21. The molecular formula is C27H31ClN2O. The number of rotatable bonds is 7. The Morgan fingerprint density at radius 3 is 2.29 bits per heavy atom. The van der Waals surface area contributed by atoms with E-state index in [4.69, 9.17) is 16.3 Å². The molecule has 0 amide bonds. The van der Waals surface area contributed by atoms with Crippen molar-refractivity contribution in [1.82, 2.24) is 4.90 Å². The largest absolute Gasteiger partial charge is 0.372 e. The summed E-state index contributed by atoms with van der Waals surface area (Å²) < 4.78 is 6.07. The van der Waals surface area contributed by atoms with E-state index in [9.17, 15) is 0 Å². The Kier molecular flexibility index (Phi) is 7.29. The number of anilines is 1. The van der Waals surface area contributed by atoms with E-state index < -0.39 is 0 Å². The molecule has 3 aromatic rings. The molecule has 31 heavy (non-hydrogen) atoms. The molecule has 0 N–H and O–H groups in total. The molecule has 4 heteroatoms. The van der Waals surface area contributed by atoms with Gasteiger partial charge in [0.1, 0.15) is 0 Å². The highest BCUT2D eigenvalue weighted by Gasteiger charge is 2.16. The number of hydrogen-bond acceptors (Lipinski definition) is 3. The molecule has 0 aromatic heterocycles. The van der Waals surface area contributed by atoms with Crippen molar-refractivity contribution >= 4 is 17.3 Å². The lowest BCUT2D eigenvalue weighted by Crippen LogP contribution is -2.46. The summed E-state index contributed by atoms with van der Waals surface area (Å²) in [6.45, 7) is 11.1. The van der Waals surface area contributed by atoms with Gasteiger partial charge in [0, 0.05) is 42.5 Å². The molecule has 0 atom stereocenters. The zero-order valence-corrected chi connectivity index (χ0v) is 19.2. The van der Waals surface area contributed by atoms with E-state index >= 15 is 0 Å². The van der Waals surface area contributed by atoms with Crippen LogP contribution >= 0.6 is 11.6 Å². The number of aryl methyl sites for hydroxylation is 1. The smallest absolute Gasteiger partial charge is 0.0722 e. The van der Waals surface area contributed by atoms with Crippen LogP contribution in [0, 0.1) is 6.92 Å². The van der Waals surface area contributed by atoms with E-state index in [-0.39, 0.29) is 0 Å². The van der Waals surface area contributed by atoms with Crippen molar-refractivity contribution in [3.63, 3.8) is 0 Å². The van der Waals surface area contributed by atoms with Gasteiger partial charge in [-0.05, 0) is 60.0 Å². The van der Waals surface area contributed by atoms with Gasteiger partial charge in [0.05, 0.1) is 13.2 Å². The third-order valence-corrected chi connectivity index (χ3v) is 6.43. The van der Waals surface area contributed by atoms with E-state index in [1.165, 1.54) is 22.4 Å². The maximum absolute atomic E-state index is 6.49. The van der Waals surface area contributed by atoms with Crippen LogP contribution in [0.1, 0.15) is 23.6 Å². The first kappa shape index (κ1) is 21.9. The SMILES string of the molecule is CCN1CCN(c2cccc(COCc3ccc(Cl)c(-c4ccccc4C)c3)c2)CC1. The van der Waals surface area contributed by atoms with Crippen LogP contribution in [-0.4, -0.2) is 37.6 Å². The molecule has 3 aromatic carbocycles. The quantitative estimate of drug-likeness (QED) is 0.442. The molecule has 3 nitrogen and oxygen atoms in total. The minimum atomic E-state index is 0.565. The third-order valence-electron chi connectivity index (χ3n) is 6.10. The second-order valence-corrected chi connectivity index (χ2v) is 8.62. The highest BCUT2D eigenvalue weighted by molar-refractivity contribution is 6.33. The van der Waals surface area contributed by atoms with Crippen LogP contribution in [0.2, 0.25) is 5.02 Å². The lowest BCUT2D eigenvalue weighted by Gasteiger charge is -2.35. The van der Waals surface area contributed by atoms with Gasteiger partial charge in [-0.25, -0.2) is 0 Å². The number of halogens is 1. The average Bonchev–Trinajstić information content (AvgIpc) is 2.81. The first-order chi connectivity index (χ1) is 15.1. The molecular weight excluding hydrogens is 404 g/mol.